The van der Waals surface area contributed by atoms with Gasteiger partial charge in [0.1, 0.15) is 5.75 Å². The first kappa shape index (κ1) is 10.3. The minimum atomic E-state index is 0.478. The maximum absolute atomic E-state index is 10.6. The normalized spacial score (nSPS) is 11.4. The molecule has 0 radical (unpaired) electrons. The first-order valence-electron chi connectivity index (χ1n) is 6.15. The van der Waals surface area contributed by atoms with Crippen LogP contribution in [0.15, 0.2) is 54.6 Å². The number of ether oxygens (including phenoxy) is 1. The third kappa shape index (κ3) is 1.34. The van der Waals surface area contributed by atoms with Crippen molar-refractivity contribution in [3.05, 3.63) is 54.6 Å². The van der Waals surface area contributed by atoms with E-state index in [1.54, 1.807) is 0 Å². The van der Waals surface area contributed by atoms with Gasteiger partial charge >= 0.3 is 0 Å². The molecule has 2 heteroatoms. The van der Waals surface area contributed by atoms with Crippen LogP contribution in [0.5, 0.6) is 5.75 Å². The second-order valence-electron chi connectivity index (χ2n) is 4.63. The van der Waals surface area contributed by atoms with Gasteiger partial charge in [-0.05, 0) is 33.7 Å². The van der Waals surface area contributed by atoms with Gasteiger partial charge in [0, 0.05) is 10.8 Å². The van der Waals surface area contributed by atoms with Crippen LogP contribution < -0.4 is 4.74 Å². The molecule has 0 saturated carbocycles. The van der Waals surface area contributed by atoms with Gasteiger partial charge < -0.3 is 4.74 Å². The number of rotatable bonds is 2. The lowest BCUT2D eigenvalue weighted by Gasteiger charge is -2.12. The van der Waals surface area contributed by atoms with Crippen molar-refractivity contribution < 1.29 is 9.53 Å². The summed E-state index contributed by atoms with van der Waals surface area (Å²) in [5.41, 5.74) is 0. The Morgan fingerprint density at radius 2 is 1.37 bits per heavy atom. The topological polar surface area (TPSA) is 26.3 Å². The van der Waals surface area contributed by atoms with Crippen LogP contribution in [-0.4, -0.2) is 6.47 Å². The second-order valence-corrected chi connectivity index (χ2v) is 4.63. The van der Waals surface area contributed by atoms with Gasteiger partial charge in [0.05, 0.1) is 0 Å². The molecule has 2 nitrogen and oxygen atoms in total. The van der Waals surface area contributed by atoms with Crippen LogP contribution in [0.4, 0.5) is 0 Å². The van der Waals surface area contributed by atoms with Crippen LogP contribution in [-0.2, 0) is 4.79 Å². The van der Waals surface area contributed by atoms with E-state index in [9.17, 15) is 4.79 Å². The van der Waals surface area contributed by atoms with Crippen molar-refractivity contribution in [1.29, 1.82) is 0 Å². The SMILES string of the molecule is O=COc1ccc2ccc3cccc4ccc1c2c34. The minimum Gasteiger partial charge on any atom is -0.428 e. The predicted octanol–water partition coefficient (Wildman–Crippen LogP) is 4.12. The Labute approximate surface area is 109 Å². The third-order valence-corrected chi connectivity index (χ3v) is 3.66. The molecule has 0 fully saturated rings. The van der Waals surface area contributed by atoms with Crippen LogP contribution in [0.2, 0.25) is 0 Å². The van der Waals surface area contributed by atoms with E-state index < -0.39 is 0 Å². The van der Waals surface area contributed by atoms with Gasteiger partial charge in [0.25, 0.3) is 6.47 Å². The zero-order valence-corrected chi connectivity index (χ0v) is 10.1. The first-order valence-corrected chi connectivity index (χ1v) is 6.15. The van der Waals surface area contributed by atoms with Crippen molar-refractivity contribution >= 4 is 38.8 Å². The Bertz CT molecular complexity index is 893. The van der Waals surface area contributed by atoms with Crippen LogP contribution in [0.3, 0.4) is 0 Å². The summed E-state index contributed by atoms with van der Waals surface area (Å²) < 4.78 is 5.08. The van der Waals surface area contributed by atoms with Gasteiger partial charge in [0.15, 0.2) is 0 Å². The molecule has 19 heavy (non-hydrogen) atoms. The Kier molecular flexibility index (Phi) is 2.00. The molecule has 0 aromatic heterocycles. The Morgan fingerprint density at radius 1 is 0.737 bits per heavy atom. The van der Waals surface area contributed by atoms with Gasteiger partial charge in [-0.25, -0.2) is 0 Å². The maximum atomic E-state index is 10.6. The molecule has 0 aliphatic heterocycles. The highest BCUT2D eigenvalue weighted by Crippen LogP contribution is 2.38. The highest BCUT2D eigenvalue weighted by atomic mass is 16.5. The van der Waals surface area contributed by atoms with Crippen molar-refractivity contribution in [1.82, 2.24) is 0 Å². The highest BCUT2D eigenvalue weighted by molar-refractivity contribution is 6.24. The Balaban J connectivity index is 2.31. The van der Waals surface area contributed by atoms with Crippen LogP contribution in [0.25, 0.3) is 32.3 Å². The van der Waals surface area contributed by atoms with Crippen molar-refractivity contribution in [3.63, 3.8) is 0 Å². The maximum Gasteiger partial charge on any atom is 0.298 e. The van der Waals surface area contributed by atoms with Crippen molar-refractivity contribution in [3.8, 4) is 5.75 Å². The Hall–Kier alpha value is -2.61. The van der Waals surface area contributed by atoms with Crippen molar-refractivity contribution in [2.24, 2.45) is 0 Å². The van der Waals surface area contributed by atoms with E-state index in [4.69, 9.17) is 4.74 Å². The number of benzene rings is 4. The molecule has 4 rings (SSSR count). The molecular formula is C17H10O2. The summed E-state index contributed by atoms with van der Waals surface area (Å²) >= 11 is 0. The van der Waals surface area contributed by atoms with Crippen LogP contribution >= 0.6 is 0 Å². The minimum absolute atomic E-state index is 0.478. The summed E-state index contributed by atoms with van der Waals surface area (Å²) in [4.78, 5) is 10.6. The summed E-state index contributed by atoms with van der Waals surface area (Å²) in [7, 11) is 0. The molecular weight excluding hydrogens is 236 g/mol. The van der Waals surface area contributed by atoms with E-state index in [0.717, 1.165) is 16.2 Å². The first-order chi connectivity index (χ1) is 9.38. The third-order valence-electron chi connectivity index (χ3n) is 3.66. The number of carbonyl (C=O) groups is 1. The smallest absolute Gasteiger partial charge is 0.298 e. The zero-order chi connectivity index (χ0) is 12.8. The number of carbonyl (C=O) groups excluding carboxylic acids is 1. The number of hydrogen-bond donors (Lipinski definition) is 0. The molecule has 0 heterocycles. The van der Waals surface area contributed by atoms with Gasteiger partial charge in [-0.3, -0.25) is 4.79 Å². The summed E-state index contributed by atoms with van der Waals surface area (Å²) in [6, 6.07) is 18.4. The van der Waals surface area contributed by atoms with E-state index in [1.165, 1.54) is 16.2 Å². The molecule has 4 aromatic carbocycles. The average molecular weight is 246 g/mol. The summed E-state index contributed by atoms with van der Waals surface area (Å²) in [6.07, 6.45) is 0. The van der Waals surface area contributed by atoms with E-state index >= 15 is 0 Å². The van der Waals surface area contributed by atoms with Gasteiger partial charge in [0.2, 0.25) is 0 Å². The lowest BCUT2D eigenvalue weighted by Crippen LogP contribution is -1.91. The van der Waals surface area contributed by atoms with Crippen molar-refractivity contribution in [2.75, 3.05) is 0 Å². The van der Waals surface area contributed by atoms with E-state index in [1.807, 2.05) is 18.2 Å². The second kappa shape index (κ2) is 3.69. The molecule has 0 N–H and O–H groups in total. The summed E-state index contributed by atoms with van der Waals surface area (Å²) in [6.45, 7) is 0.478. The van der Waals surface area contributed by atoms with Crippen LogP contribution in [0.1, 0.15) is 0 Å². The molecule has 0 aliphatic rings. The fourth-order valence-electron chi connectivity index (χ4n) is 2.86. The molecule has 4 aromatic rings. The molecule has 0 atom stereocenters. The molecule has 0 saturated heterocycles. The lowest BCUT2D eigenvalue weighted by atomic mass is 9.94. The van der Waals surface area contributed by atoms with E-state index in [2.05, 4.69) is 36.4 Å². The molecule has 0 amide bonds. The monoisotopic (exact) mass is 246 g/mol. The van der Waals surface area contributed by atoms with E-state index in [-0.39, 0.29) is 0 Å². The van der Waals surface area contributed by atoms with Gasteiger partial charge in [-0.2, -0.15) is 0 Å². The van der Waals surface area contributed by atoms with Gasteiger partial charge in [-0.15, -0.1) is 0 Å². The Morgan fingerprint density at radius 3 is 2.11 bits per heavy atom. The number of hydrogen-bond acceptors (Lipinski definition) is 2. The average Bonchev–Trinajstić information content (AvgIpc) is 2.46. The molecule has 0 bridgehead atoms. The van der Waals surface area contributed by atoms with Gasteiger partial charge in [-0.1, -0.05) is 42.5 Å². The summed E-state index contributed by atoms with van der Waals surface area (Å²) in [5.74, 6) is 0.612. The zero-order valence-electron chi connectivity index (χ0n) is 10.1. The molecule has 0 aliphatic carbocycles. The lowest BCUT2D eigenvalue weighted by molar-refractivity contribution is -0.120. The fourth-order valence-corrected chi connectivity index (χ4v) is 2.86. The quantitative estimate of drug-likeness (QED) is 0.393. The predicted molar refractivity (Wildman–Crippen MR) is 76.8 cm³/mol. The van der Waals surface area contributed by atoms with E-state index in [0.29, 0.717) is 12.2 Å². The molecule has 0 spiro atoms. The molecule has 0 unspecified atom stereocenters. The fraction of sp³-hybridized carbons (Fsp3) is 0. The van der Waals surface area contributed by atoms with Crippen LogP contribution in [0, 0.1) is 0 Å². The standard InChI is InChI=1S/C17H10O2/c18-10-19-15-9-7-13-5-4-11-2-1-3-12-6-8-14(15)17(13)16(11)12/h1-10H. The molecule has 90 valence electrons. The highest BCUT2D eigenvalue weighted by Gasteiger charge is 2.10. The van der Waals surface area contributed by atoms with Crippen molar-refractivity contribution in [2.45, 2.75) is 0 Å². The largest absolute Gasteiger partial charge is 0.428 e. The summed E-state index contributed by atoms with van der Waals surface area (Å²) in [5, 5.41) is 6.95.